The Balaban J connectivity index is 4.08. The lowest BCUT2D eigenvalue weighted by Gasteiger charge is -2.21. The molecule has 0 aliphatic heterocycles. The number of rotatable bonds is 7. The predicted molar refractivity (Wildman–Crippen MR) is 59.8 cm³/mol. The Morgan fingerprint density at radius 1 is 0.778 bits per heavy atom. The Kier molecular flexibility index (Phi) is 6.40. The molecule has 0 saturated heterocycles. The van der Waals surface area contributed by atoms with Crippen LogP contribution in [0, 0.1) is 0 Å². The minimum atomic E-state index is -1.22. The highest BCUT2D eigenvalue weighted by Crippen LogP contribution is 1.95. The summed E-state index contributed by atoms with van der Waals surface area (Å²) in [6.07, 6.45) is -1.22. The monoisotopic (exact) mass is 260 g/mol. The number of carboxylic acids is 2. The van der Waals surface area contributed by atoms with E-state index in [9.17, 15) is 19.2 Å². The number of aliphatic carboxylic acids is 2. The van der Waals surface area contributed by atoms with E-state index in [0.717, 1.165) is 0 Å². The van der Waals surface area contributed by atoms with Crippen LogP contribution in [0.1, 0.15) is 12.8 Å². The van der Waals surface area contributed by atoms with Gasteiger partial charge in [-0.15, -0.1) is 0 Å². The van der Waals surface area contributed by atoms with Crippen LogP contribution in [0.3, 0.4) is 0 Å². The lowest BCUT2D eigenvalue weighted by Crippen LogP contribution is -2.38. The van der Waals surface area contributed by atoms with Crippen molar-refractivity contribution in [2.75, 3.05) is 27.2 Å². The van der Waals surface area contributed by atoms with Crippen LogP contribution in [0.2, 0.25) is 0 Å². The van der Waals surface area contributed by atoms with Gasteiger partial charge in [-0.2, -0.15) is 0 Å². The summed E-state index contributed by atoms with van der Waals surface area (Å²) in [7, 11) is 2.83. The largest absolute Gasteiger partial charge is 0.481 e. The van der Waals surface area contributed by atoms with Gasteiger partial charge in [-0.05, 0) is 0 Å². The van der Waals surface area contributed by atoms with Crippen LogP contribution in [-0.2, 0) is 19.2 Å². The quantitative estimate of drug-likeness (QED) is 0.559. The molecule has 0 aromatic carbocycles. The minimum absolute atomic E-state index is 0.147. The number of carboxylic acid groups (broad SMARTS) is 2. The molecule has 8 heteroatoms. The molecule has 2 amide bonds. The van der Waals surface area contributed by atoms with Crippen LogP contribution in [0.25, 0.3) is 0 Å². The molecule has 0 aliphatic rings. The van der Waals surface area contributed by atoms with Crippen molar-refractivity contribution in [1.82, 2.24) is 9.80 Å². The summed E-state index contributed by atoms with van der Waals surface area (Å²) in [6.45, 7) is 0.294. The minimum Gasteiger partial charge on any atom is -0.481 e. The Hall–Kier alpha value is -2.12. The third-order valence-corrected chi connectivity index (χ3v) is 2.23. The number of amides is 2. The Bertz CT molecular complexity index is 320. The maximum absolute atomic E-state index is 11.3. The van der Waals surface area contributed by atoms with Crippen molar-refractivity contribution >= 4 is 23.8 Å². The summed E-state index contributed by atoms with van der Waals surface area (Å²) in [5.41, 5.74) is 0. The first-order valence-corrected chi connectivity index (χ1v) is 5.15. The third-order valence-electron chi connectivity index (χ3n) is 2.23. The molecule has 102 valence electrons. The maximum Gasteiger partial charge on any atom is 0.312 e. The van der Waals surface area contributed by atoms with Crippen LogP contribution in [0.5, 0.6) is 0 Å². The molecule has 0 heterocycles. The molecule has 0 saturated carbocycles. The van der Waals surface area contributed by atoms with E-state index >= 15 is 0 Å². The van der Waals surface area contributed by atoms with Gasteiger partial charge in [0.1, 0.15) is 12.8 Å². The van der Waals surface area contributed by atoms with E-state index in [1.807, 2.05) is 0 Å². The molecular weight excluding hydrogens is 244 g/mol. The fraction of sp³-hybridized carbons (Fsp3) is 0.600. The molecule has 0 atom stereocenters. The molecule has 8 nitrogen and oxygen atoms in total. The van der Waals surface area contributed by atoms with Crippen molar-refractivity contribution in [3.05, 3.63) is 0 Å². The van der Waals surface area contributed by atoms with E-state index in [1.54, 1.807) is 0 Å². The number of hydrogen-bond donors (Lipinski definition) is 2. The fourth-order valence-electron chi connectivity index (χ4n) is 1.08. The van der Waals surface area contributed by atoms with Gasteiger partial charge in [-0.25, -0.2) is 0 Å². The van der Waals surface area contributed by atoms with Gasteiger partial charge in [0.15, 0.2) is 0 Å². The zero-order chi connectivity index (χ0) is 14.3. The second kappa shape index (κ2) is 7.25. The number of likely N-dealkylation sites (N-methyl/N-ethyl adjacent to an activating group) is 2. The molecular formula is C10H16N2O6. The van der Waals surface area contributed by atoms with E-state index in [4.69, 9.17) is 10.2 Å². The summed E-state index contributed by atoms with van der Waals surface area (Å²) in [6, 6.07) is 0. The fourth-order valence-corrected chi connectivity index (χ4v) is 1.08. The standard InChI is InChI=1S/C10H16N2O6/c1-11(7(13)5-9(15)16)3-4-12(2)8(14)6-10(17)18/h3-6H2,1-2H3,(H,15,16)(H,17,18). The van der Waals surface area contributed by atoms with E-state index < -0.39 is 36.6 Å². The molecule has 0 rings (SSSR count). The summed E-state index contributed by atoms with van der Waals surface area (Å²) in [4.78, 5) is 45.5. The molecule has 2 N–H and O–H groups in total. The topological polar surface area (TPSA) is 115 Å². The van der Waals surface area contributed by atoms with E-state index in [1.165, 1.54) is 23.9 Å². The average Bonchev–Trinajstić information content (AvgIpc) is 2.23. The first-order valence-electron chi connectivity index (χ1n) is 5.15. The predicted octanol–water partition coefficient (Wildman–Crippen LogP) is -1.15. The van der Waals surface area contributed by atoms with Crippen molar-refractivity contribution < 1.29 is 29.4 Å². The summed E-state index contributed by atoms with van der Waals surface area (Å²) in [5.74, 6) is -3.58. The van der Waals surface area contributed by atoms with Crippen molar-refractivity contribution in [3.63, 3.8) is 0 Å². The van der Waals surface area contributed by atoms with E-state index in [0.29, 0.717) is 0 Å². The van der Waals surface area contributed by atoms with Crippen LogP contribution in [-0.4, -0.2) is 71.0 Å². The maximum atomic E-state index is 11.3. The van der Waals surface area contributed by atoms with Gasteiger partial charge >= 0.3 is 11.9 Å². The van der Waals surface area contributed by atoms with Crippen LogP contribution < -0.4 is 0 Å². The Morgan fingerprint density at radius 3 is 1.28 bits per heavy atom. The number of nitrogens with zero attached hydrogens (tertiary/aromatic N) is 2. The molecule has 0 aliphatic carbocycles. The summed E-state index contributed by atoms with van der Waals surface area (Å²) < 4.78 is 0. The van der Waals surface area contributed by atoms with Crippen molar-refractivity contribution in [2.45, 2.75) is 12.8 Å². The molecule has 0 aromatic heterocycles. The van der Waals surface area contributed by atoms with Gasteiger partial charge in [0.2, 0.25) is 11.8 Å². The number of hydrogen-bond acceptors (Lipinski definition) is 4. The molecule has 18 heavy (non-hydrogen) atoms. The van der Waals surface area contributed by atoms with E-state index in [2.05, 4.69) is 0 Å². The highest BCUT2D eigenvalue weighted by atomic mass is 16.4. The first-order chi connectivity index (χ1) is 8.23. The van der Waals surface area contributed by atoms with Gasteiger partial charge in [0.05, 0.1) is 0 Å². The molecule has 0 bridgehead atoms. The summed E-state index contributed by atoms with van der Waals surface area (Å²) in [5, 5.41) is 16.8. The Labute approximate surface area is 104 Å². The SMILES string of the molecule is CN(CCN(C)C(=O)CC(=O)O)C(=O)CC(=O)O. The second-order valence-corrected chi connectivity index (χ2v) is 3.77. The zero-order valence-corrected chi connectivity index (χ0v) is 10.3. The third kappa shape index (κ3) is 6.46. The molecule has 0 fully saturated rings. The summed E-state index contributed by atoms with van der Waals surface area (Å²) >= 11 is 0. The highest BCUT2D eigenvalue weighted by Gasteiger charge is 2.16. The van der Waals surface area contributed by atoms with Crippen LogP contribution in [0.15, 0.2) is 0 Å². The van der Waals surface area contributed by atoms with Crippen molar-refractivity contribution in [3.8, 4) is 0 Å². The lowest BCUT2D eigenvalue weighted by atomic mass is 10.3. The van der Waals surface area contributed by atoms with Crippen molar-refractivity contribution in [1.29, 1.82) is 0 Å². The normalized spacial score (nSPS) is 9.67. The number of carbonyl (C=O) groups is 4. The van der Waals surface area contributed by atoms with Crippen molar-refractivity contribution in [2.24, 2.45) is 0 Å². The molecule has 0 spiro atoms. The second-order valence-electron chi connectivity index (χ2n) is 3.77. The molecule has 0 aromatic rings. The zero-order valence-electron chi connectivity index (χ0n) is 10.3. The molecule has 0 unspecified atom stereocenters. The highest BCUT2D eigenvalue weighted by molar-refractivity contribution is 5.94. The van der Waals surface area contributed by atoms with Gasteiger partial charge in [-0.3, -0.25) is 19.2 Å². The van der Waals surface area contributed by atoms with Gasteiger partial charge in [0.25, 0.3) is 0 Å². The van der Waals surface area contributed by atoms with Gasteiger partial charge < -0.3 is 20.0 Å². The Morgan fingerprint density at radius 2 is 1.06 bits per heavy atom. The number of carbonyl (C=O) groups excluding carboxylic acids is 2. The van der Waals surface area contributed by atoms with Gasteiger partial charge in [-0.1, -0.05) is 0 Å². The van der Waals surface area contributed by atoms with Crippen LogP contribution >= 0.6 is 0 Å². The molecule has 0 radical (unpaired) electrons. The van der Waals surface area contributed by atoms with Gasteiger partial charge in [0, 0.05) is 27.2 Å². The lowest BCUT2D eigenvalue weighted by molar-refractivity contribution is -0.146. The van der Waals surface area contributed by atoms with E-state index in [-0.39, 0.29) is 13.1 Å². The first kappa shape index (κ1) is 15.9. The smallest absolute Gasteiger partial charge is 0.312 e. The van der Waals surface area contributed by atoms with Crippen LogP contribution in [0.4, 0.5) is 0 Å². The average molecular weight is 260 g/mol.